The fourth-order valence-corrected chi connectivity index (χ4v) is 4.24. The van der Waals surface area contributed by atoms with Crippen LogP contribution in [0.15, 0.2) is 36.4 Å². The zero-order valence-corrected chi connectivity index (χ0v) is 17.0. The van der Waals surface area contributed by atoms with Gasteiger partial charge in [-0.1, -0.05) is 11.6 Å². The van der Waals surface area contributed by atoms with Crippen LogP contribution in [0.2, 0.25) is 5.02 Å². The van der Waals surface area contributed by atoms with Crippen molar-refractivity contribution in [2.24, 2.45) is 0 Å². The number of nitrogens with one attached hydrogen (secondary N) is 1. The quantitative estimate of drug-likeness (QED) is 0.763. The summed E-state index contributed by atoms with van der Waals surface area (Å²) in [6.45, 7) is 1.60. The molecule has 1 amide bonds. The van der Waals surface area contributed by atoms with Crippen LogP contribution in [-0.4, -0.2) is 40.5 Å². The highest BCUT2D eigenvalue weighted by Gasteiger charge is 2.30. The number of fused-ring (bicyclic) bond motifs is 1. The second-order valence-electron chi connectivity index (χ2n) is 6.11. The van der Waals surface area contributed by atoms with Crippen LogP contribution in [0.1, 0.15) is 6.92 Å². The largest absolute Gasteiger partial charge is 0.495 e. The number of ether oxygens (including phenoxy) is 3. The Labute approximate surface area is 168 Å². The average Bonchev–Trinajstić information content (AvgIpc) is 3.08. The van der Waals surface area contributed by atoms with Crippen LogP contribution >= 0.6 is 11.6 Å². The van der Waals surface area contributed by atoms with Crippen LogP contribution in [0, 0.1) is 0 Å². The highest BCUT2D eigenvalue weighted by molar-refractivity contribution is 7.92. The molecule has 1 aliphatic heterocycles. The first-order chi connectivity index (χ1) is 13.2. The van der Waals surface area contributed by atoms with Crippen molar-refractivity contribution in [2.75, 3.05) is 29.8 Å². The Hall–Kier alpha value is -2.65. The molecule has 0 bridgehead atoms. The summed E-state index contributed by atoms with van der Waals surface area (Å²) in [4.78, 5) is 12.7. The fraction of sp³-hybridized carbons (Fsp3) is 0.278. The summed E-state index contributed by atoms with van der Waals surface area (Å²) in [5.41, 5.74) is 0.712. The molecule has 0 saturated heterocycles. The number of methoxy groups -OCH3 is 1. The van der Waals surface area contributed by atoms with Crippen LogP contribution in [0.3, 0.4) is 0 Å². The van der Waals surface area contributed by atoms with E-state index >= 15 is 0 Å². The Morgan fingerprint density at radius 2 is 1.93 bits per heavy atom. The minimum absolute atomic E-state index is 0.114. The molecule has 0 aliphatic carbocycles. The fourth-order valence-electron chi connectivity index (χ4n) is 2.82. The summed E-state index contributed by atoms with van der Waals surface area (Å²) < 4.78 is 41.4. The van der Waals surface area contributed by atoms with Crippen LogP contribution in [0.5, 0.6) is 17.2 Å². The Morgan fingerprint density at radius 3 is 2.57 bits per heavy atom. The molecular formula is C18H19ClN2O6S. The predicted octanol–water partition coefficient (Wildman–Crippen LogP) is 2.87. The number of hydrogen-bond donors (Lipinski definition) is 1. The van der Waals surface area contributed by atoms with Crippen molar-refractivity contribution in [1.29, 1.82) is 0 Å². The monoisotopic (exact) mass is 426 g/mol. The number of hydrogen-bond acceptors (Lipinski definition) is 6. The van der Waals surface area contributed by atoms with Gasteiger partial charge in [0.2, 0.25) is 22.7 Å². The number of carbonyl (C=O) groups excluding carboxylic acids is 1. The maximum Gasteiger partial charge on any atom is 0.247 e. The summed E-state index contributed by atoms with van der Waals surface area (Å²) in [7, 11) is -2.32. The molecule has 0 aromatic heterocycles. The maximum atomic E-state index is 12.7. The number of anilines is 2. The average molecular weight is 427 g/mol. The van der Waals surface area contributed by atoms with E-state index in [1.807, 2.05) is 0 Å². The van der Waals surface area contributed by atoms with Gasteiger partial charge < -0.3 is 19.5 Å². The van der Waals surface area contributed by atoms with Gasteiger partial charge in [0.1, 0.15) is 11.8 Å². The van der Waals surface area contributed by atoms with E-state index in [0.29, 0.717) is 22.9 Å². The predicted molar refractivity (Wildman–Crippen MR) is 106 cm³/mol. The van der Waals surface area contributed by atoms with Gasteiger partial charge in [0, 0.05) is 11.8 Å². The van der Waals surface area contributed by atoms with Gasteiger partial charge in [-0.3, -0.25) is 9.10 Å². The van der Waals surface area contributed by atoms with Gasteiger partial charge in [0.25, 0.3) is 0 Å². The molecule has 1 heterocycles. The molecule has 0 radical (unpaired) electrons. The molecular weight excluding hydrogens is 408 g/mol. The topological polar surface area (TPSA) is 94.2 Å². The van der Waals surface area contributed by atoms with Gasteiger partial charge >= 0.3 is 0 Å². The van der Waals surface area contributed by atoms with E-state index in [2.05, 4.69) is 5.32 Å². The van der Waals surface area contributed by atoms with Gasteiger partial charge in [-0.25, -0.2) is 8.42 Å². The summed E-state index contributed by atoms with van der Waals surface area (Å²) in [6.07, 6.45) is 1.02. The summed E-state index contributed by atoms with van der Waals surface area (Å²) >= 11 is 6.12. The molecule has 3 rings (SSSR count). The van der Waals surface area contributed by atoms with Gasteiger partial charge in [-0.2, -0.15) is 0 Å². The van der Waals surface area contributed by atoms with E-state index in [4.69, 9.17) is 25.8 Å². The normalized spacial score (nSPS) is 13.7. The molecule has 0 spiro atoms. The Morgan fingerprint density at radius 1 is 1.21 bits per heavy atom. The minimum Gasteiger partial charge on any atom is -0.495 e. The molecule has 1 aliphatic rings. The van der Waals surface area contributed by atoms with Gasteiger partial charge in [0.05, 0.1) is 24.1 Å². The van der Waals surface area contributed by atoms with Crippen molar-refractivity contribution in [3.8, 4) is 17.2 Å². The van der Waals surface area contributed by atoms with Crippen molar-refractivity contribution in [2.45, 2.75) is 13.0 Å². The van der Waals surface area contributed by atoms with Gasteiger partial charge in [0.15, 0.2) is 11.5 Å². The molecule has 28 heavy (non-hydrogen) atoms. The van der Waals surface area contributed by atoms with E-state index < -0.39 is 22.0 Å². The molecule has 1 unspecified atom stereocenters. The standard InChI is InChI=1S/C18H19ClN2O6S/c1-11(18(22)20-12-4-6-16-17(8-12)27-10-26-16)21(28(3,23)24)13-5-7-15(25-2)14(19)9-13/h4-9,11H,10H2,1-3H3,(H,20,22). The lowest BCUT2D eigenvalue weighted by atomic mass is 10.2. The Balaban J connectivity index is 1.86. The van der Waals surface area contributed by atoms with Crippen LogP contribution in [0.25, 0.3) is 0 Å². The Kier molecular flexibility index (Phi) is 5.57. The zero-order valence-electron chi connectivity index (χ0n) is 15.4. The lowest BCUT2D eigenvalue weighted by Crippen LogP contribution is -2.45. The first kappa shape index (κ1) is 20.1. The van der Waals surface area contributed by atoms with E-state index in [9.17, 15) is 13.2 Å². The van der Waals surface area contributed by atoms with Crippen molar-refractivity contribution in [1.82, 2.24) is 0 Å². The molecule has 0 saturated carbocycles. The van der Waals surface area contributed by atoms with Crippen molar-refractivity contribution in [3.63, 3.8) is 0 Å². The molecule has 1 N–H and O–H groups in total. The SMILES string of the molecule is COc1ccc(N(C(C)C(=O)Nc2ccc3c(c2)OCO3)S(C)(=O)=O)cc1Cl. The van der Waals surface area contributed by atoms with Gasteiger partial charge in [-0.05, 0) is 37.3 Å². The first-order valence-electron chi connectivity index (χ1n) is 8.24. The molecule has 150 valence electrons. The lowest BCUT2D eigenvalue weighted by Gasteiger charge is -2.28. The second-order valence-corrected chi connectivity index (χ2v) is 8.38. The summed E-state index contributed by atoms with van der Waals surface area (Å²) in [6, 6.07) is 8.39. The van der Waals surface area contributed by atoms with Crippen molar-refractivity contribution >= 4 is 38.9 Å². The number of nitrogens with zero attached hydrogens (tertiary/aromatic N) is 1. The third-order valence-corrected chi connectivity index (χ3v) is 5.66. The lowest BCUT2D eigenvalue weighted by molar-refractivity contribution is -0.116. The zero-order chi connectivity index (χ0) is 20.5. The van der Waals surface area contributed by atoms with Crippen LogP contribution in [-0.2, 0) is 14.8 Å². The molecule has 8 nitrogen and oxygen atoms in total. The summed E-state index contributed by atoms with van der Waals surface area (Å²) in [5.74, 6) is 0.969. The Bertz CT molecular complexity index is 1010. The first-order valence-corrected chi connectivity index (χ1v) is 10.5. The maximum absolute atomic E-state index is 12.7. The van der Waals surface area contributed by atoms with E-state index in [-0.39, 0.29) is 17.5 Å². The summed E-state index contributed by atoms with van der Waals surface area (Å²) in [5, 5.41) is 2.93. The van der Waals surface area contributed by atoms with Crippen LogP contribution < -0.4 is 23.8 Å². The molecule has 2 aromatic rings. The van der Waals surface area contributed by atoms with E-state index in [1.54, 1.807) is 18.2 Å². The van der Waals surface area contributed by atoms with E-state index in [0.717, 1.165) is 10.6 Å². The van der Waals surface area contributed by atoms with Crippen molar-refractivity contribution < 1.29 is 27.4 Å². The number of amides is 1. The number of sulfonamides is 1. The highest BCUT2D eigenvalue weighted by atomic mass is 35.5. The van der Waals surface area contributed by atoms with E-state index in [1.165, 1.54) is 32.2 Å². The third kappa shape index (κ3) is 4.10. The number of benzene rings is 2. The number of rotatable bonds is 6. The number of halogens is 1. The molecule has 1 atom stereocenters. The number of carbonyl (C=O) groups is 1. The van der Waals surface area contributed by atoms with Crippen LogP contribution in [0.4, 0.5) is 11.4 Å². The smallest absolute Gasteiger partial charge is 0.247 e. The molecule has 2 aromatic carbocycles. The van der Waals surface area contributed by atoms with Crippen molar-refractivity contribution in [3.05, 3.63) is 41.4 Å². The second kappa shape index (κ2) is 7.76. The third-order valence-electron chi connectivity index (χ3n) is 4.12. The molecule has 0 fully saturated rings. The molecule has 10 heteroatoms. The minimum atomic E-state index is -3.77. The highest BCUT2D eigenvalue weighted by Crippen LogP contribution is 2.35. The van der Waals surface area contributed by atoms with Gasteiger partial charge in [-0.15, -0.1) is 0 Å².